The van der Waals surface area contributed by atoms with Crippen LogP contribution in [0, 0.1) is 0 Å². The molecule has 0 aliphatic rings. The standard InChI is InChI=1S/AsH3O4.3Na.3H/c2-1(3,4)5;;;;;;/h(H3,2,3,4,5);;;;;;/q;3*+1;3*-1. The fourth-order valence-corrected chi connectivity index (χ4v) is 0. The van der Waals surface area contributed by atoms with Gasteiger partial charge in [0.25, 0.3) is 0 Å². The van der Waals surface area contributed by atoms with Crippen LogP contribution in [0.3, 0.4) is 0 Å². The molecular formula is H6AsNa3O4. The van der Waals surface area contributed by atoms with E-state index in [1.165, 1.54) is 0 Å². The molecule has 4 nitrogen and oxygen atoms in total. The quantitative estimate of drug-likeness (QED) is 0.350. The topological polar surface area (TPSA) is 77.8 Å². The first-order valence-corrected chi connectivity index (χ1v) is 4.07. The Morgan fingerprint density at radius 2 is 1.00 bits per heavy atom. The Kier molecular flexibility index (Phi) is 28.8. The molecule has 0 bridgehead atoms. The van der Waals surface area contributed by atoms with E-state index in [0.717, 1.165) is 0 Å². The van der Waals surface area contributed by atoms with E-state index in [0.29, 0.717) is 0 Å². The van der Waals surface area contributed by atoms with E-state index >= 15 is 0 Å². The molecule has 0 atom stereocenters. The summed E-state index contributed by atoms with van der Waals surface area (Å²) < 4.78 is 30.7. The maximum absolute atomic E-state index is 8.94. The second kappa shape index (κ2) is 10.2. The first-order chi connectivity index (χ1) is 2.00. The van der Waals surface area contributed by atoms with Gasteiger partial charge in [-0.05, 0) is 0 Å². The number of rotatable bonds is 0. The second-order valence-electron chi connectivity index (χ2n) is 0.513. The smallest absolute Gasteiger partial charge is 1.00 e. The van der Waals surface area contributed by atoms with Gasteiger partial charge in [-0.2, -0.15) is 0 Å². The van der Waals surface area contributed by atoms with E-state index in [1.807, 2.05) is 0 Å². The Balaban J connectivity index is -0.00000000533. The Bertz CT molecular complexity index is 66.7. The van der Waals surface area contributed by atoms with E-state index in [1.54, 1.807) is 0 Å². The van der Waals surface area contributed by atoms with Crippen LogP contribution in [0.5, 0.6) is 0 Å². The third-order valence-electron chi connectivity index (χ3n) is 0. The predicted octanol–water partition coefficient (Wildman–Crippen LogP) is -10.8. The third-order valence-corrected chi connectivity index (χ3v) is 0. The number of hydrogen-bond donors (Lipinski definition) is 3. The Labute approximate surface area is 121 Å². The minimum absolute atomic E-state index is 0. The molecule has 0 amide bonds. The molecule has 0 aromatic carbocycles. The zero-order valence-electron chi connectivity index (χ0n) is 8.20. The van der Waals surface area contributed by atoms with Crippen molar-refractivity contribution in [3.8, 4) is 0 Å². The molecule has 0 heterocycles. The summed E-state index contributed by atoms with van der Waals surface area (Å²) in [5, 5.41) is 0. The summed E-state index contributed by atoms with van der Waals surface area (Å²) in [6.07, 6.45) is 0. The molecule has 8 heavy (non-hydrogen) atoms. The average Bonchev–Trinajstić information content (AvgIpc) is 0.722. The molecule has 0 radical (unpaired) electrons. The molecule has 0 fully saturated rings. The van der Waals surface area contributed by atoms with Crippen LogP contribution in [0.2, 0.25) is 0 Å². The maximum atomic E-state index is 8.94. The van der Waals surface area contributed by atoms with Gasteiger partial charge in [-0.3, -0.25) is 0 Å². The van der Waals surface area contributed by atoms with E-state index < -0.39 is 14.5 Å². The summed E-state index contributed by atoms with van der Waals surface area (Å²) in [5.74, 6) is 0. The summed E-state index contributed by atoms with van der Waals surface area (Å²) in [6, 6.07) is 0. The fourth-order valence-electron chi connectivity index (χ4n) is 0. The van der Waals surface area contributed by atoms with Crippen LogP contribution < -0.4 is 88.7 Å². The first kappa shape index (κ1) is 22.5. The summed E-state index contributed by atoms with van der Waals surface area (Å²) >= 11 is -5.12. The van der Waals surface area contributed by atoms with Gasteiger partial charge in [0.1, 0.15) is 0 Å². The monoisotopic (exact) mass is 214 g/mol. The molecule has 0 saturated carbocycles. The van der Waals surface area contributed by atoms with E-state index in [9.17, 15) is 0 Å². The zero-order chi connectivity index (χ0) is 4.50. The molecule has 8 heteroatoms. The van der Waals surface area contributed by atoms with Gasteiger partial charge in [0, 0.05) is 0 Å². The molecule has 0 spiro atoms. The van der Waals surface area contributed by atoms with Gasteiger partial charge in [-0.15, -0.1) is 0 Å². The third kappa shape index (κ3) is 59.8. The van der Waals surface area contributed by atoms with Crippen LogP contribution in [0.25, 0.3) is 0 Å². The van der Waals surface area contributed by atoms with Crippen LogP contribution in [0.15, 0.2) is 0 Å². The van der Waals surface area contributed by atoms with Gasteiger partial charge in [0.15, 0.2) is 0 Å². The van der Waals surface area contributed by atoms with Crippen LogP contribution >= 0.6 is 0 Å². The molecule has 0 saturated heterocycles. The second-order valence-corrected chi connectivity index (χ2v) is 2.67. The Morgan fingerprint density at radius 3 is 1.00 bits per heavy atom. The largest absolute Gasteiger partial charge is 1.00 e. The van der Waals surface area contributed by atoms with Crippen molar-refractivity contribution in [3.63, 3.8) is 0 Å². The van der Waals surface area contributed by atoms with Gasteiger partial charge in [-0.1, -0.05) is 0 Å². The van der Waals surface area contributed by atoms with Crippen molar-refractivity contribution in [2.45, 2.75) is 0 Å². The van der Waals surface area contributed by atoms with Gasteiger partial charge in [0.2, 0.25) is 0 Å². The first-order valence-electron chi connectivity index (χ1n) is 0.783. The molecule has 0 aromatic rings. The average molecular weight is 214 g/mol. The van der Waals surface area contributed by atoms with Crippen molar-refractivity contribution in [1.82, 2.24) is 0 Å². The zero-order valence-corrected chi connectivity index (χ0v) is 13.1. The molecule has 0 aliphatic heterocycles. The van der Waals surface area contributed by atoms with Crippen LogP contribution in [-0.2, 0) is 3.74 Å². The fraction of sp³-hybridized carbons (Fsp3) is 0. The van der Waals surface area contributed by atoms with Crippen LogP contribution in [-0.4, -0.2) is 26.8 Å². The summed E-state index contributed by atoms with van der Waals surface area (Å²) in [6.45, 7) is 0. The minimum Gasteiger partial charge on any atom is -1.00 e. The Morgan fingerprint density at radius 1 is 1.00 bits per heavy atom. The number of hydrogen-bond acceptors (Lipinski definition) is 1. The molecule has 0 rings (SSSR count). The maximum Gasteiger partial charge on any atom is 1.00 e. The summed E-state index contributed by atoms with van der Waals surface area (Å²) in [5.41, 5.74) is 0. The van der Waals surface area contributed by atoms with Crippen molar-refractivity contribution in [3.05, 3.63) is 0 Å². The van der Waals surface area contributed by atoms with Crippen molar-refractivity contribution in [1.29, 1.82) is 0 Å². The Hall–Kier alpha value is 3.24. The van der Waals surface area contributed by atoms with Gasteiger partial charge in [-0.25, -0.2) is 0 Å². The predicted molar refractivity (Wildman–Crippen MR) is 16.4 cm³/mol. The van der Waals surface area contributed by atoms with Gasteiger partial charge >= 0.3 is 119 Å². The SMILES string of the molecule is O=[As](O)(O)O.[H-].[H-].[H-].[Na+].[Na+].[Na+]. The van der Waals surface area contributed by atoms with Gasteiger partial charge < -0.3 is 4.28 Å². The van der Waals surface area contributed by atoms with Crippen LogP contribution in [0.1, 0.15) is 4.28 Å². The van der Waals surface area contributed by atoms with Gasteiger partial charge in [0.05, 0.1) is 0 Å². The van der Waals surface area contributed by atoms with E-state index in [-0.39, 0.29) is 93.0 Å². The van der Waals surface area contributed by atoms with E-state index in [2.05, 4.69) is 0 Å². The summed E-state index contributed by atoms with van der Waals surface area (Å²) in [7, 11) is 0. The summed E-state index contributed by atoms with van der Waals surface area (Å²) in [4.78, 5) is 0. The van der Waals surface area contributed by atoms with Crippen molar-refractivity contribution < 1.29 is 109 Å². The molecular weight excluding hydrogens is 208 g/mol. The normalized spacial score (nSPS) is 7.38. The minimum atomic E-state index is -5.12. The molecule has 38 valence electrons. The molecule has 0 aliphatic carbocycles. The molecule has 0 aromatic heterocycles. The molecule has 0 unspecified atom stereocenters. The van der Waals surface area contributed by atoms with Crippen molar-refractivity contribution in [2.24, 2.45) is 0 Å². The van der Waals surface area contributed by atoms with Crippen molar-refractivity contribution >= 4 is 14.5 Å². The van der Waals surface area contributed by atoms with Crippen LogP contribution in [0.4, 0.5) is 0 Å². The van der Waals surface area contributed by atoms with E-state index in [4.69, 9.17) is 16.0 Å². The van der Waals surface area contributed by atoms with Crippen molar-refractivity contribution in [2.75, 3.05) is 0 Å². The molecule has 3 N–H and O–H groups in total.